The molecular formula is C38H31BrN2. The zero-order valence-corrected chi connectivity index (χ0v) is 24.3. The van der Waals surface area contributed by atoms with Crippen molar-refractivity contribution in [2.24, 2.45) is 0 Å². The molecular weight excluding hydrogens is 564 g/mol. The van der Waals surface area contributed by atoms with Crippen LogP contribution in [0.4, 0.5) is 17.1 Å². The fourth-order valence-electron chi connectivity index (χ4n) is 5.56. The molecule has 0 fully saturated rings. The molecule has 41 heavy (non-hydrogen) atoms. The smallest absolute Gasteiger partial charge is 0.0466 e. The van der Waals surface area contributed by atoms with E-state index >= 15 is 0 Å². The number of hydrogen-bond donors (Lipinski definition) is 2. The third kappa shape index (κ3) is 5.96. The van der Waals surface area contributed by atoms with E-state index in [1.165, 1.54) is 54.7 Å². The molecule has 6 aromatic rings. The third-order valence-corrected chi connectivity index (χ3v) is 8.10. The second-order valence-electron chi connectivity index (χ2n) is 10.2. The molecule has 3 heteroatoms. The first-order valence-corrected chi connectivity index (χ1v) is 14.6. The fourth-order valence-corrected chi connectivity index (χ4v) is 6.19. The summed E-state index contributed by atoms with van der Waals surface area (Å²) in [5.41, 5.74) is 19.7. The molecule has 2 aliphatic carbocycles. The van der Waals surface area contributed by atoms with Crippen LogP contribution in [0, 0.1) is 0 Å². The molecule has 0 atom stereocenters. The van der Waals surface area contributed by atoms with Crippen LogP contribution in [-0.4, -0.2) is 0 Å². The minimum absolute atomic E-state index is 0.822. The summed E-state index contributed by atoms with van der Waals surface area (Å²) >= 11 is 3.62. The van der Waals surface area contributed by atoms with Crippen LogP contribution in [-0.2, 0) is 12.8 Å². The Hall–Kier alpha value is -4.60. The Kier molecular flexibility index (Phi) is 7.97. The summed E-state index contributed by atoms with van der Waals surface area (Å²) in [6.45, 7) is 0. The van der Waals surface area contributed by atoms with E-state index < -0.39 is 0 Å². The van der Waals surface area contributed by atoms with Crippen molar-refractivity contribution in [2.45, 2.75) is 12.8 Å². The molecule has 0 saturated heterocycles. The lowest BCUT2D eigenvalue weighted by Gasteiger charge is -2.12. The summed E-state index contributed by atoms with van der Waals surface area (Å²) in [7, 11) is 0. The first-order valence-electron chi connectivity index (χ1n) is 13.9. The molecule has 0 saturated carbocycles. The van der Waals surface area contributed by atoms with Crippen LogP contribution in [0.3, 0.4) is 0 Å². The van der Waals surface area contributed by atoms with E-state index in [-0.39, 0.29) is 0 Å². The highest BCUT2D eigenvalue weighted by Gasteiger charge is 2.21. The first kappa shape index (κ1) is 26.6. The SMILES string of the molecule is Brc1cccc2c1-c1ccccc1C2.Nc1ccccc1.c1ccc(Nc2cccc3c2-c2ccccc2C3)cc1. The van der Waals surface area contributed by atoms with Crippen molar-refractivity contribution >= 4 is 33.0 Å². The predicted octanol–water partition coefficient (Wildman–Crippen LogP) is 10.3. The highest BCUT2D eigenvalue weighted by atomic mass is 79.9. The third-order valence-electron chi connectivity index (χ3n) is 7.44. The lowest BCUT2D eigenvalue weighted by atomic mass is 10.0. The Bertz CT molecular complexity index is 1780. The Morgan fingerprint density at radius 3 is 1.56 bits per heavy atom. The number of nitrogen functional groups attached to an aromatic ring is 1. The normalized spacial score (nSPS) is 11.4. The van der Waals surface area contributed by atoms with Crippen molar-refractivity contribution in [3.63, 3.8) is 0 Å². The van der Waals surface area contributed by atoms with Gasteiger partial charge in [-0.3, -0.25) is 0 Å². The van der Waals surface area contributed by atoms with Gasteiger partial charge in [0.2, 0.25) is 0 Å². The summed E-state index contributed by atoms with van der Waals surface area (Å²) < 4.78 is 1.21. The van der Waals surface area contributed by atoms with Gasteiger partial charge < -0.3 is 11.1 Å². The van der Waals surface area contributed by atoms with E-state index in [0.717, 1.165) is 24.2 Å². The molecule has 0 heterocycles. The maximum Gasteiger partial charge on any atom is 0.0466 e. The summed E-state index contributed by atoms with van der Waals surface area (Å²) in [6, 6.07) is 50.1. The van der Waals surface area contributed by atoms with Gasteiger partial charge in [0.1, 0.15) is 0 Å². The molecule has 2 aliphatic rings. The predicted molar refractivity (Wildman–Crippen MR) is 178 cm³/mol. The van der Waals surface area contributed by atoms with Crippen molar-refractivity contribution in [3.8, 4) is 22.3 Å². The summed E-state index contributed by atoms with van der Waals surface area (Å²) in [4.78, 5) is 0. The number of benzene rings is 6. The van der Waals surface area contributed by atoms with Gasteiger partial charge in [-0.05, 0) is 88.2 Å². The molecule has 200 valence electrons. The van der Waals surface area contributed by atoms with Gasteiger partial charge in [-0.2, -0.15) is 0 Å². The van der Waals surface area contributed by atoms with Crippen molar-refractivity contribution in [1.29, 1.82) is 0 Å². The van der Waals surface area contributed by atoms with E-state index in [2.05, 4.69) is 130 Å². The Balaban J connectivity index is 0.000000124. The zero-order valence-electron chi connectivity index (χ0n) is 22.7. The van der Waals surface area contributed by atoms with Gasteiger partial charge in [0, 0.05) is 27.1 Å². The van der Waals surface area contributed by atoms with Crippen LogP contribution in [0.25, 0.3) is 22.3 Å². The van der Waals surface area contributed by atoms with Crippen molar-refractivity contribution in [2.75, 3.05) is 11.1 Å². The lowest BCUT2D eigenvalue weighted by Crippen LogP contribution is -1.93. The van der Waals surface area contributed by atoms with Crippen LogP contribution in [0.5, 0.6) is 0 Å². The van der Waals surface area contributed by atoms with E-state index in [1.54, 1.807) is 0 Å². The maximum absolute atomic E-state index is 5.36. The molecule has 0 radical (unpaired) electrons. The molecule has 0 spiro atoms. The van der Waals surface area contributed by atoms with E-state index in [4.69, 9.17) is 5.73 Å². The van der Waals surface area contributed by atoms with Crippen LogP contribution in [0.2, 0.25) is 0 Å². The van der Waals surface area contributed by atoms with Gasteiger partial charge in [0.05, 0.1) is 0 Å². The van der Waals surface area contributed by atoms with E-state index in [0.29, 0.717) is 0 Å². The molecule has 0 bridgehead atoms. The Morgan fingerprint density at radius 1 is 0.463 bits per heavy atom. The number of fused-ring (bicyclic) bond motifs is 6. The number of halogens is 1. The van der Waals surface area contributed by atoms with E-state index in [9.17, 15) is 0 Å². The molecule has 2 nitrogen and oxygen atoms in total. The van der Waals surface area contributed by atoms with Gasteiger partial charge in [-0.25, -0.2) is 0 Å². The average Bonchev–Trinajstić information content (AvgIpc) is 3.59. The van der Waals surface area contributed by atoms with Gasteiger partial charge in [0.15, 0.2) is 0 Å². The Morgan fingerprint density at radius 2 is 0.951 bits per heavy atom. The molecule has 0 aliphatic heterocycles. The number of nitrogens with two attached hydrogens (primary N) is 1. The minimum atomic E-state index is 0.822. The average molecular weight is 596 g/mol. The maximum atomic E-state index is 5.36. The number of para-hydroxylation sites is 2. The van der Waals surface area contributed by atoms with Crippen LogP contribution >= 0.6 is 15.9 Å². The van der Waals surface area contributed by atoms with E-state index in [1.807, 2.05) is 36.4 Å². The molecule has 0 amide bonds. The van der Waals surface area contributed by atoms with Crippen molar-refractivity contribution < 1.29 is 0 Å². The number of rotatable bonds is 2. The number of nitrogens with one attached hydrogen (secondary N) is 1. The van der Waals surface area contributed by atoms with Crippen molar-refractivity contribution in [1.82, 2.24) is 0 Å². The van der Waals surface area contributed by atoms with Gasteiger partial charge in [-0.15, -0.1) is 0 Å². The van der Waals surface area contributed by atoms with Crippen LogP contribution in [0.1, 0.15) is 22.3 Å². The number of hydrogen-bond acceptors (Lipinski definition) is 2. The minimum Gasteiger partial charge on any atom is -0.399 e. The van der Waals surface area contributed by atoms with Crippen LogP contribution in [0.15, 0.2) is 150 Å². The summed E-state index contributed by atoms with van der Waals surface area (Å²) in [5.74, 6) is 0. The zero-order chi connectivity index (χ0) is 28.0. The second-order valence-corrected chi connectivity index (χ2v) is 11.0. The molecule has 0 aromatic heterocycles. The quantitative estimate of drug-likeness (QED) is 0.195. The Labute approximate surface area is 250 Å². The lowest BCUT2D eigenvalue weighted by molar-refractivity contribution is 1.26. The van der Waals surface area contributed by atoms with Gasteiger partial charge in [-0.1, -0.05) is 125 Å². The fraction of sp³-hybridized carbons (Fsp3) is 0.0526. The molecule has 6 aromatic carbocycles. The van der Waals surface area contributed by atoms with Gasteiger partial charge >= 0.3 is 0 Å². The highest BCUT2D eigenvalue weighted by Crippen LogP contribution is 2.42. The monoisotopic (exact) mass is 594 g/mol. The topological polar surface area (TPSA) is 38.0 Å². The largest absolute Gasteiger partial charge is 0.399 e. The molecule has 8 rings (SSSR count). The second kappa shape index (κ2) is 12.3. The number of anilines is 3. The highest BCUT2D eigenvalue weighted by molar-refractivity contribution is 9.10. The first-order chi connectivity index (χ1) is 20.2. The molecule has 3 N–H and O–H groups in total. The summed E-state index contributed by atoms with van der Waals surface area (Å²) in [6.07, 6.45) is 2.11. The van der Waals surface area contributed by atoms with Gasteiger partial charge in [0.25, 0.3) is 0 Å². The summed E-state index contributed by atoms with van der Waals surface area (Å²) in [5, 5.41) is 3.55. The molecule has 0 unspecified atom stereocenters. The standard InChI is InChI=1S/C19H15N.C13H9Br.C6H7N/c1-2-9-16(10-3-1)20-18-12-6-8-15-13-14-7-4-5-11-17(14)19(15)18;14-12-7-3-5-10-8-9-4-1-2-6-11(9)13(10)12;7-6-4-2-1-3-5-6/h1-12,20H,13H2;1-7H,8H2;1-5H,7H2. The van der Waals surface area contributed by atoms with Crippen LogP contribution < -0.4 is 11.1 Å². The van der Waals surface area contributed by atoms with Crippen molar-refractivity contribution in [3.05, 3.63) is 172 Å².